The summed E-state index contributed by atoms with van der Waals surface area (Å²) in [5.41, 5.74) is 7.18. The molecule has 22 heavy (non-hydrogen) atoms. The molecule has 0 spiro atoms. The lowest BCUT2D eigenvalue weighted by Gasteiger charge is -2.32. The minimum absolute atomic E-state index is 0.146. The Bertz CT molecular complexity index is 497. The van der Waals surface area contributed by atoms with Gasteiger partial charge in [-0.3, -0.25) is 4.79 Å². The number of carbonyl (C=O) groups is 1. The molecule has 0 aliphatic carbocycles. The molecular formula is C17H27N3O2. The Kier molecular flexibility index (Phi) is 6.21. The van der Waals surface area contributed by atoms with Gasteiger partial charge in [0.25, 0.3) is 0 Å². The molecule has 2 rings (SSSR count). The Morgan fingerprint density at radius 2 is 2.00 bits per heavy atom. The fraction of sp³-hybridized carbons (Fsp3) is 0.588. The molecule has 1 saturated heterocycles. The van der Waals surface area contributed by atoms with Crippen LogP contribution in [0.5, 0.6) is 5.75 Å². The van der Waals surface area contributed by atoms with Crippen LogP contribution in [0.15, 0.2) is 18.2 Å². The van der Waals surface area contributed by atoms with Crippen molar-refractivity contribution in [3.63, 3.8) is 0 Å². The van der Waals surface area contributed by atoms with E-state index in [-0.39, 0.29) is 5.78 Å². The molecule has 1 aliphatic rings. The highest BCUT2D eigenvalue weighted by Gasteiger charge is 2.15. The molecule has 0 saturated carbocycles. The van der Waals surface area contributed by atoms with E-state index in [1.165, 1.54) is 0 Å². The lowest BCUT2D eigenvalue weighted by Crippen LogP contribution is -2.45. The fourth-order valence-corrected chi connectivity index (χ4v) is 2.54. The molecule has 0 unspecified atom stereocenters. The van der Waals surface area contributed by atoms with Crippen LogP contribution < -0.4 is 10.5 Å². The second-order valence-corrected chi connectivity index (χ2v) is 5.92. The van der Waals surface area contributed by atoms with E-state index in [2.05, 4.69) is 16.8 Å². The second kappa shape index (κ2) is 8.15. The number of nitrogen functional groups attached to an aromatic ring is 1. The standard InChI is InChI=1S/C17H27N3O2/c1-3-12-22-17-5-4-14(13-15(17)18)16(21)6-7-20-10-8-19(2)9-11-20/h4-5,13H,3,6-12,18H2,1-2H3. The summed E-state index contributed by atoms with van der Waals surface area (Å²) >= 11 is 0. The number of rotatable bonds is 7. The molecule has 1 aliphatic heterocycles. The lowest BCUT2D eigenvalue weighted by atomic mass is 10.1. The molecule has 5 nitrogen and oxygen atoms in total. The van der Waals surface area contributed by atoms with Crippen LogP contribution in [0.2, 0.25) is 0 Å². The Labute approximate surface area is 133 Å². The van der Waals surface area contributed by atoms with Crippen LogP contribution in [0.25, 0.3) is 0 Å². The van der Waals surface area contributed by atoms with Crippen molar-refractivity contribution >= 4 is 11.5 Å². The van der Waals surface area contributed by atoms with Crippen LogP contribution in [0.3, 0.4) is 0 Å². The van der Waals surface area contributed by atoms with Crippen LogP contribution >= 0.6 is 0 Å². The topological polar surface area (TPSA) is 58.8 Å². The minimum atomic E-state index is 0.146. The van der Waals surface area contributed by atoms with E-state index in [0.717, 1.165) is 39.1 Å². The maximum absolute atomic E-state index is 12.3. The van der Waals surface area contributed by atoms with E-state index in [9.17, 15) is 4.79 Å². The van der Waals surface area contributed by atoms with Crippen molar-refractivity contribution in [2.75, 3.05) is 52.1 Å². The summed E-state index contributed by atoms with van der Waals surface area (Å²) in [5, 5.41) is 0. The van der Waals surface area contributed by atoms with Gasteiger partial charge in [0.15, 0.2) is 5.78 Å². The van der Waals surface area contributed by atoms with Crippen LogP contribution in [-0.2, 0) is 0 Å². The summed E-state index contributed by atoms with van der Waals surface area (Å²) in [6.07, 6.45) is 1.48. The summed E-state index contributed by atoms with van der Waals surface area (Å²) in [5.74, 6) is 0.810. The van der Waals surface area contributed by atoms with Gasteiger partial charge in [-0.2, -0.15) is 0 Å². The Balaban J connectivity index is 1.85. The Morgan fingerprint density at radius 3 is 2.64 bits per heavy atom. The lowest BCUT2D eigenvalue weighted by molar-refractivity contribution is 0.0942. The molecule has 0 atom stereocenters. The zero-order chi connectivity index (χ0) is 15.9. The van der Waals surface area contributed by atoms with Crippen LogP contribution in [-0.4, -0.2) is 62.0 Å². The van der Waals surface area contributed by atoms with Crippen molar-refractivity contribution in [1.29, 1.82) is 0 Å². The number of anilines is 1. The number of carbonyl (C=O) groups excluding carboxylic acids is 1. The third-order valence-corrected chi connectivity index (χ3v) is 4.04. The van der Waals surface area contributed by atoms with Crippen molar-refractivity contribution in [3.05, 3.63) is 23.8 Å². The molecule has 0 amide bonds. The molecule has 122 valence electrons. The largest absolute Gasteiger partial charge is 0.491 e. The summed E-state index contributed by atoms with van der Waals surface area (Å²) in [6, 6.07) is 5.35. The Hall–Kier alpha value is -1.59. The highest BCUT2D eigenvalue weighted by molar-refractivity contribution is 5.97. The second-order valence-electron chi connectivity index (χ2n) is 5.92. The van der Waals surface area contributed by atoms with Gasteiger partial charge in [0.05, 0.1) is 12.3 Å². The van der Waals surface area contributed by atoms with Crippen molar-refractivity contribution in [2.24, 2.45) is 0 Å². The van der Waals surface area contributed by atoms with Gasteiger partial charge in [-0.05, 0) is 31.7 Å². The molecule has 2 N–H and O–H groups in total. The van der Waals surface area contributed by atoms with Crippen molar-refractivity contribution in [3.8, 4) is 5.75 Å². The molecule has 1 fully saturated rings. The minimum Gasteiger partial charge on any atom is -0.491 e. The van der Waals surface area contributed by atoms with E-state index in [1.807, 2.05) is 13.0 Å². The third-order valence-electron chi connectivity index (χ3n) is 4.04. The molecule has 1 aromatic carbocycles. The average molecular weight is 305 g/mol. The van der Waals surface area contributed by atoms with Crippen LogP contribution in [0.4, 0.5) is 5.69 Å². The number of piperazine rings is 1. The van der Waals surface area contributed by atoms with Crippen molar-refractivity contribution < 1.29 is 9.53 Å². The van der Waals surface area contributed by atoms with Gasteiger partial charge in [0.1, 0.15) is 5.75 Å². The van der Waals surface area contributed by atoms with Gasteiger partial charge >= 0.3 is 0 Å². The predicted octanol–water partition coefficient (Wildman–Crippen LogP) is 1.88. The summed E-state index contributed by atoms with van der Waals surface area (Å²) in [7, 11) is 2.13. The molecule has 0 aromatic heterocycles. The van der Waals surface area contributed by atoms with E-state index in [0.29, 0.717) is 30.0 Å². The normalized spacial score (nSPS) is 16.6. The van der Waals surface area contributed by atoms with E-state index >= 15 is 0 Å². The van der Waals surface area contributed by atoms with Gasteiger partial charge < -0.3 is 20.3 Å². The van der Waals surface area contributed by atoms with Gasteiger partial charge in [-0.1, -0.05) is 6.92 Å². The first-order valence-corrected chi connectivity index (χ1v) is 8.06. The molecule has 0 bridgehead atoms. The molecule has 1 aromatic rings. The zero-order valence-electron chi connectivity index (χ0n) is 13.7. The number of nitrogens with zero attached hydrogens (tertiary/aromatic N) is 2. The van der Waals surface area contributed by atoms with Gasteiger partial charge in [-0.25, -0.2) is 0 Å². The SMILES string of the molecule is CCCOc1ccc(C(=O)CCN2CCN(C)CC2)cc1N. The van der Waals surface area contributed by atoms with E-state index in [1.54, 1.807) is 12.1 Å². The van der Waals surface area contributed by atoms with Crippen LogP contribution in [0.1, 0.15) is 30.1 Å². The molecule has 1 heterocycles. The number of hydrogen-bond donors (Lipinski definition) is 1. The third kappa shape index (κ3) is 4.71. The number of benzene rings is 1. The van der Waals surface area contributed by atoms with Crippen LogP contribution in [0, 0.1) is 0 Å². The fourth-order valence-electron chi connectivity index (χ4n) is 2.54. The maximum Gasteiger partial charge on any atom is 0.164 e. The number of Topliss-reactive ketones (excluding diaryl/α,β-unsaturated/α-hetero) is 1. The average Bonchev–Trinajstić information content (AvgIpc) is 2.53. The summed E-state index contributed by atoms with van der Waals surface area (Å²) in [4.78, 5) is 17.0. The number of nitrogens with two attached hydrogens (primary N) is 1. The van der Waals surface area contributed by atoms with Gasteiger partial charge in [-0.15, -0.1) is 0 Å². The van der Waals surface area contributed by atoms with E-state index in [4.69, 9.17) is 10.5 Å². The van der Waals surface area contributed by atoms with Crippen molar-refractivity contribution in [2.45, 2.75) is 19.8 Å². The highest BCUT2D eigenvalue weighted by Crippen LogP contribution is 2.23. The number of ketones is 1. The van der Waals surface area contributed by atoms with E-state index < -0.39 is 0 Å². The monoisotopic (exact) mass is 305 g/mol. The first-order valence-electron chi connectivity index (χ1n) is 8.06. The molecule has 5 heteroatoms. The smallest absolute Gasteiger partial charge is 0.164 e. The van der Waals surface area contributed by atoms with Crippen molar-refractivity contribution in [1.82, 2.24) is 9.80 Å². The molecular weight excluding hydrogens is 278 g/mol. The highest BCUT2D eigenvalue weighted by atomic mass is 16.5. The zero-order valence-corrected chi connectivity index (χ0v) is 13.7. The van der Waals surface area contributed by atoms with Gasteiger partial charge in [0.2, 0.25) is 0 Å². The summed E-state index contributed by atoms with van der Waals surface area (Å²) < 4.78 is 5.54. The first kappa shape index (κ1) is 16.8. The van der Waals surface area contributed by atoms with Gasteiger partial charge in [0, 0.05) is 44.7 Å². The first-order chi connectivity index (χ1) is 10.6. The quantitative estimate of drug-likeness (QED) is 0.616. The predicted molar refractivity (Wildman–Crippen MR) is 89.5 cm³/mol. The maximum atomic E-state index is 12.3. The number of hydrogen-bond acceptors (Lipinski definition) is 5. The Morgan fingerprint density at radius 1 is 1.27 bits per heavy atom. The number of likely N-dealkylation sites (N-methyl/N-ethyl adjacent to an activating group) is 1. The number of ether oxygens (including phenoxy) is 1. The summed E-state index contributed by atoms with van der Waals surface area (Å²) in [6.45, 7) is 7.73. The molecule has 0 radical (unpaired) electrons.